The molecule has 1 aromatic rings. The number of β-amino-alcohol motifs (C(OH)–C–C–N with tert-alkyl or cyclic N) is 1. The van der Waals surface area contributed by atoms with Crippen molar-refractivity contribution in [1.29, 1.82) is 0 Å². The van der Waals surface area contributed by atoms with Crippen molar-refractivity contribution in [2.24, 2.45) is 5.92 Å². The minimum Gasteiger partial charge on any atom is -0.389 e. The molecule has 22 heavy (non-hydrogen) atoms. The molecule has 0 aliphatic carbocycles. The van der Waals surface area contributed by atoms with E-state index in [4.69, 9.17) is 0 Å². The number of likely N-dealkylation sites (tertiary alicyclic amines) is 2. The zero-order chi connectivity index (χ0) is 15.5. The lowest BCUT2D eigenvalue weighted by molar-refractivity contribution is -0.149. The van der Waals surface area contributed by atoms with E-state index in [2.05, 4.69) is 0 Å². The quantitative estimate of drug-likeness (QED) is 0.893. The normalized spacial score (nSPS) is 22.3. The van der Waals surface area contributed by atoms with Crippen molar-refractivity contribution in [1.82, 2.24) is 9.80 Å². The fraction of sp³-hybridized carbons (Fsp3) is 0.529. The van der Waals surface area contributed by atoms with Crippen LogP contribution in [0.3, 0.4) is 0 Å². The molecule has 118 valence electrons. The summed E-state index contributed by atoms with van der Waals surface area (Å²) >= 11 is 0. The molecule has 3 rings (SSSR count). The first-order valence-corrected chi connectivity index (χ1v) is 7.92. The van der Waals surface area contributed by atoms with Crippen molar-refractivity contribution >= 4 is 11.8 Å². The molecule has 0 aromatic heterocycles. The van der Waals surface area contributed by atoms with E-state index in [1.807, 2.05) is 35.2 Å². The number of piperidine rings is 1. The Hall–Kier alpha value is -1.88. The van der Waals surface area contributed by atoms with Crippen molar-refractivity contribution in [2.45, 2.75) is 25.4 Å². The Morgan fingerprint density at radius 1 is 1.09 bits per heavy atom. The first kappa shape index (κ1) is 15.0. The average Bonchev–Trinajstić information content (AvgIpc) is 2.52. The van der Waals surface area contributed by atoms with E-state index in [-0.39, 0.29) is 23.8 Å². The number of rotatable bonds is 3. The van der Waals surface area contributed by atoms with Crippen molar-refractivity contribution in [3.05, 3.63) is 35.9 Å². The van der Waals surface area contributed by atoms with E-state index in [1.165, 1.54) is 0 Å². The topological polar surface area (TPSA) is 60.9 Å². The fourth-order valence-electron chi connectivity index (χ4n) is 3.18. The molecule has 0 bridgehead atoms. The zero-order valence-corrected chi connectivity index (χ0v) is 12.6. The maximum atomic E-state index is 12.4. The lowest BCUT2D eigenvalue weighted by Crippen LogP contribution is -2.57. The highest BCUT2D eigenvalue weighted by Crippen LogP contribution is 2.22. The smallest absolute Gasteiger partial charge is 0.227 e. The minimum absolute atomic E-state index is 0.0857. The van der Waals surface area contributed by atoms with Crippen LogP contribution in [-0.2, 0) is 16.0 Å². The molecule has 2 aliphatic heterocycles. The van der Waals surface area contributed by atoms with Gasteiger partial charge in [-0.1, -0.05) is 30.3 Å². The number of carbonyl (C=O) groups is 2. The molecular formula is C17H22N2O3. The van der Waals surface area contributed by atoms with Gasteiger partial charge in [-0.25, -0.2) is 0 Å². The summed E-state index contributed by atoms with van der Waals surface area (Å²) in [4.78, 5) is 28.2. The van der Waals surface area contributed by atoms with Crippen molar-refractivity contribution in [2.75, 3.05) is 26.2 Å². The molecule has 2 aliphatic rings. The van der Waals surface area contributed by atoms with Crippen LogP contribution in [0.25, 0.3) is 0 Å². The summed E-state index contributed by atoms with van der Waals surface area (Å²) in [5.74, 6) is 0.0656. The van der Waals surface area contributed by atoms with Gasteiger partial charge in [-0.05, 0) is 18.4 Å². The van der Waals surface area contributed by atoms with E-state index < -0.39 is 0 Å². The Kier molecular flexibility index (Phi) is 4.43. The van der Waals surface area contributed by atoms with Gasteiger partial charge in [-0.15, -0.1) is 0 Å². The third-order valence-electron chi connectivity index (χ3n) is 4.50. The summed E-state index contributed by atoms with van der Waals surface area (Å²) in [5, 5.41) is 9.31. The van der Waals surface area contributed by atoms with Gasteiger partial charge in [-0.2, -0.15) is 0 Å². The molecule has 5 heteroatoms. The third-order valence-corrected chi connectivity index (χ3v) is 4.50. The van der Waals surface area contributed by atoms with Gasteiger partial charge in [0.15, 0.2) is 0 Å². The number of nitrogens with zero attached hydrogens (tertiary/aromatic N) is 2. The fourth-order valence-corrected chi connectivity index (χ4v) is 3.18. The Morgan fingerprint density at radius 2 is 1.82 bits per heavy atom. The highest BCUT2D eigenvalue weighted by molar-refractivity contribution is 5.83. The minimum atomic E-state index is -0.372. The predicted octanol–water partition coefficient (Wildman–Crippen LogP) is 0.671. The van der Waals surface area contributed by atoms with E-state index in [0.717, 1.165) is 24.9 Å². The van der Waals surface area contributed by atoms with Crippen molar-refractivity contribution in [3.63, 3.8) is 0 Å². The van der Waals surface area contributed by atoms with Gasteiger partial charge in [0.1, 0.15) is 0 Å². The van der Waals surface area contributed by atoms with Gasteiger partial charge >= 0.3 is 0 Å². The second-order valence-corrected chi connectivity index (χ2v) is 6.24. The number of carbonyl (C=O) groups excluding carboxylic acids is 2. The van der Waals surface area contributed by atoms with Crippen LogP contribution < -0.4 is 0 Å². The number of aliphatic hydroxyl groups is 1. The standard InChI is InChI=1S/C17H22N2O3/c20-15-11-19(12-15)17(22)14-7-4-8-18(10-14)16(21)9-13-5-2-1-3-6-13/h1-3,5-6,14-15,20H,4,7-12H2. The van der Waals surface area contributed by atoms with E-state index in [0.29, 0.717) is 26.1 Å². The maximum absolute atomic E-state index is 12.4. The summed E-state index contributed by atoms with van der Waals surface area (Å²) < 4.78 is 0. The second-order valence-electron chi connectivity index (χ2n) is 6.24. The lowest BCUT2D eigenvalue weighted by atomic mass is 9.94. The molecule has 1 aromatic carbocycles. The molecule has 2 saturated heterocycles. The van der Waals surface area contributed by atoms with Crippen LogP contribution in [0, 0.1) is 5.92 Å². The molecule has 5 nitrogen and oxygen atoms in total. The predicted molar refractivity (Wildman–Crippen MR) is 82.0 cm³/mol. The van der Waals surface area contributed by atoms with Gasteiger partial charge in [0.25, 0.3) is 0 Å². The summed E-state index contributed by atoms with van der Waals surface area (Å²) in [5.41, 5.74) is 1.01. The number of hydrogen-bond donors (Lipinski definition) is 1. The van der Waals surface area contributed by atoms with Crippen LogP contribution >= 0.6 is 0 Å². The van der Waals surface area contributed by atoms with E-state index in [9.17, 15) is 14.7 Å². The Balaban J connectivity index is 1.56. The van der Waals surface area contributed by atoms with Gasteiger partial charge in [0.05, 0.1) is 18.4 Å². The molecule has 0 radical (unpaired) electrons. The number of benzene rings is 1. The molecule has 1 unspecified atom stereocenters. The highest BCUT2D eigenvalue weighted by Gasteiger charge is 2.36. The molecule has 2 heterocycles. The Morgan fingerprint density at radius 3 is 2.50 bits per heavy atom. The van der Waals surface area contributed by atoms with Gasteiger partial charge in [-0.3, -0.25) is 9.59 Å². The first-order chi connectivity index (χ1) is 10.6. The second kappa shape index (κ2) is 6.48. The Bertz CT molecular complexity index is 540. The number of aliphatic hydroxyl groups excluding tert-OH is 1. The highest BCUT2D eigenvalue weighted by atomic mass is 16.3. The monoisotopic (exact) mass is 302 g/mol. The average molecular weight is 302 g/mol. The van der Waals surface area contributed by atoms with Gasteiger partial charge < -0.3 is 14.9 Å². The number of hydrogen-bond acceptors (Lipinski definition) is 3. The molecule has 2 amide bonds. The summed E-state index contributed by atoms with van der Waals surface area (Å²) in [7, 11) is 0. The van der Waals surface area contributed by atoms with Gasteiger partial charge in [0, 0.05) is 26.2 Å². The SMILES string of the molecule is O=C(Cc1ccccc1)N1CCCC(C(=O)N2CC(O)C2)C1. The summed E-state index contributed by atoms with van der Waals surface area (Å²) in [6, 6.07) is 9.70. The molecule has 2 fully saturated rings. The lowest BCUT2D eigenvalue weighted by Gasteiger charge is -2.40. The number of amides is 2. The molecule has 0 spiro atoms. The van der Waals surface area contributed by atoms with Crippen LogP contribution in [0.4, 0.5) is 0 Å². The van der Waals surface area contributed by atoms with Gasteiger partial charge in [0.2, 0.25) is 11.8 Å². The van der Waals surface area contributed by atoms with Crippen LogP contribution in [0.15, 0.2) is 30.3 Å². The molecule has 0 saturated carbocycles. The maximum Gasteiger partial charge on any atom is 0.227 e. The van der Waals surface area contributed by atoms with Crippen LogP contribution in [-0.4, -0.2) is 59.0 Å². The van der Waals surface area contributed by atoms with Crippen LogP contribution in [0.5, 0.6) is 0 Å². The van der Waals surface area contributed by atoms with Crippen molar-refractivity contribution in [3.8, 4) is 0 Å². The van der Waals surface area contributed by atoms with E-state index >= 15 is 0 Å². The summed E-state index contributed by atoms with van der Waals surface area (Å²) in [6.45, 7) is 2.12. The molecule has 1 N–H and O–H groups in total. The Labute approximate surface area is 130 Å². The van der Waals surface area contributed by atoms with Crippen LogP contribution in [0.1, 0.15) is 18.4 Å². The molecular weight excluding hydrogens is 280 g/mol. The van der Waals surface area contributed by atoms with Crippen molar-refractivity contribution < 1.29 is 14.7 Å². The molecule has 1 atom stereocenters. The first-order valence-electron chi connectivity index (χ1n) is 7.92. The third kappa shape index (κ3) is 3.30. The zero-order valence-electron chi connectivity index (χ0n) is 12.6. The van der Waals surface area contributed by atoms with E-state index in [1.54, 1.807) is 4.90 Å². The largest absolute Gasteiger partial charge is 0.389 e. The van der Waals surface area contributed by atoms with Crippen LogP contribution in [0.2, 0.25) is 0 Å². The summed E-state index contributed by atoms with van der Waals surface area (Å²) in [6.07, 6.45) is 1.72.